The van der Waals surface area contributed by atoms with Crippen molar-refractivity contribution in [1.82, 2.24) is 4.90 Å². The number of carbonyl (C=O) groups excluding carboxylic acids is 1. The number of amides is 1. The second kappa shape index (κ2) is 6.29. The summed E-state index contributed by atoms with van der Waals surface area (Å²) >= 11 is 0. The van der Waals surface area contributed by atoms with Crippen LogP contribution in [-0.4, -0.2) is 29.9 Å². The quantitative estimate of drug-likeness (QED) is 0.911. The number of nitrogens with one attached hydrogen (secondary N) is 1. The molecule has 0 spiro atoms. The van der Waals surface area contributed by atoms with Gasteiger partial charge in [0.25, 0.3) is 5.91 Å². The van der Waals surface area contributed by atoms with E-state index in [4.69, 9.17) is 0 Å². The summed E-state index contributed by atoms with van der Waals surface area (Å²) in [5.74, 6) is 0.754. The number of rotatable bonds is 3. The van der Waals surface area contributed by atoms with Gasteiger partial charge in [0.05, 0.1) is 5.56 Å². The van der Waals surface area contributed by atoms with E-state index in [0.717, 1.165) is 36.3 Å². The highest BCUT2D eigenvalue weighted by Crippen LogP contribution is 2.27. The molecule has 0 aliphatic carbocycles. The fraction of sp³-hybridized carbons (Fsp3) is 0.588. The number of anilines is 1. The number of carbonyl (C=O) groups is 1. The normalized spacial score (nSPS) is 22.7. The maximum atomic E-state index is 12.9. The summed E-state index contributed by atoms with van der Waals surface area (Å²) in [6.07, 6.45) is 2.33. The van der Waals surface area contributed by atoms with E-state index in [1.54, 1.807) is 0 Å². The molecule has 2 atom stereocenters. The Morgan fingerprint density at radius 1 is 1.40 bits per heavy atom. The van der Waals surface area contributed by atoms with Crippen LogP contribution in [-0.2, 0) is 0 Å². The first-order valence-electron chi connectivity index (χ1n) is 7.70. The zero-order chi connectivity index (χ0) is 14.7. The molecule has 1 aromatic carbocycles. The van der Waals surface area contributed by atoms with E-state index in [1.165, 1.54) is 6.42 Å². The summed E-state index contributed by atoms with van der Waals surface area (Å²) in [7, 11) is 0. The zero-order valence-electron chi connectivity index (χ0n) is 13.1. The minimum absolute atomic E-state index is 0.170. The van der Waals surface area contributed by atoms with Gasteiger partial charge in [-0.3, -0.25) is 4.79 Å². The number of aryl methyl sites for hydroxylation is 1. The predicted octanol–water partition coefficient (Wildman–Crippen LogP) is 3.69. The Kier molecular flexibility index (Phi) is 4.69. The average molecular weight is 274 g/mol. The number of benzene rings is 1. The van der Waals surface area contributed by atoms with Gasteiger partial charge in [0.2, 0.25) is 0 Å². The summed E-state index contributed by atoms with van der Waals surface area (Å²) in [6.45, 7) is 10.2. The number of piperidine rings is 1. The molecule has 1 heterocycles. The second-order valence-electron chi connectivity index (χ2n) is 5.94. The van der Waals surface area contributed by atoms with Crippen molar-refractivity contribution in [3.8, 4) is 0 Å². The van der Waals surface area contributed by atoms with Gasteiger partial charge < -0.3 is 10.2 Å². The van der Waals surface area contributed by atoms with Crippen molar-refractivity contribution >= 4 is 11.6 Å². The second-order valence-corrected chi connectivity index (χ2v) is 5.94. The Morgan fingerprint density at radius 2 is 2.15 bits per heavy atom. The summed E-state index contributed by atoms with van der Waals surface area (Å²) in [6, 6.07) is 6.40. The van der Waals surface area contributed by atoms with Gasteiger partial charge in [0, 0.05) is 24.8 Å². The van der Waals surface area contributed by atoms with Crippen molar-refractivity contribution in [2.75, 3.05) is 18.4 Å². The Labute approximate surface area is 122 Å². The van der Waals surface area contributed by atoms with E-state index < -0.39 is 0 Å². The largest absolute Gasteiger partial charge is 0.385 e. The SMILES string of the molecule is CCNc1ccc(C)cc1C(=O)N1CCCC(C)C1C. The molecule has 0 saturated carbocycles. The monoisotopic (exact) mass is 274 g/mol. The lowest BCUT2D eigenvalue weighted by atomic mass is 9.91. The third kappa shape index (κ3) is 2.97. The molecule has 1 fully saturated rings. The first kappa shape index (κ1) is 14.9. The number of hydrogen-bond acceptors (Lipinski definition) is 2. The molecule has 1 N–H and O–H groups in total. The van der Waals surface area contributed by atoms with Crippen molar-refractivity contribution < 1.29 is 4.79 Å². The highest BCUT2D eigenvalue weighted by molar-refractivity contribution is 6.00. The van der Waals surface area contributed by atoms with Gasteiger partial charge in [-0.2, -0.15) is 0 Å². The topological polar surface area (TPSA) is 32.3 Å². The molecule has 1 aliphatic rings. The molecular formula is C17H26N2O. The fourth-order valence-corrected chi connectivity index (χ4v) is 2.96. The van der Waals surface area contributed by atoms with Gasteiger partial charge in [-0.15, -0.1) is 0 Å². The molecule has 0 bridgehead atoms. The van der Waals surface area contributed by atoms with Crippen molar-refractivity contribution in [2.45, 2.75) is 46.6 Å². The van der Waals surface area contributed by atoms with E-state index in [-0.39, 0.29) is 5.91 Å². The van der Waals surface area contributed by atoms with Crippen LogP contribution >= 0.6 is 0 Å². The highest BCUT2D eigenvalue weighted by Gasteiger charge is 2.29. The molecule has 1 aromatic rings. The number of nitrogens with zero attached hydrogens (tertiary/aromatic N) is 1. The lowest BCUT2D eigenvalue weighted by Gasteiger charge is -2.38. The van der Waals surface area contributed by atoms with Crippen LogP contribution in [0.5, 0.6) is 0 Å². The van der Waals surface area contributed by atoms with Crippen molar-refractivity contribution in [2.24, 2.45) is 5.92 Å². The zero-order valence-corrected chi connectivity index (χ0v) is 13.1. The summed E-state index contributed by atoms with van der Waals surface area (Å²) < 4.78 is 0. The van der Waals surface area contributed by atoms with Crippen LogP contribution in [0.2, 0.25) is 0 Å². The van der Waals surface area contributed by atoms with E-state index in [1.807, 2.05) is 24.0 Å². The Bertz CT molecular complexity index is 484. The van der Waals surface area contributed by atoms with Gasteiger partial charge in [0.1, 0.15) is 0 Å². The maximum Gasteiger partial charge on any atom is 0.256 e. The summed E-state index contributed by atoms with van der Waals surface area (Å²) in [5, 5.41) is 3.30. The molecular weight excluding hydrogens is 248 g/mol. The first-order valence-corrected chi connectivity index (χ1v) is 7.70. The predicted molar refractivity (Wildman–Crippen MR) is 84.2 cm³/mol. The molecule has 1 saturated heterocycles. The molecule has 110 valence electrons. The van der Waals surface area contributed by atoms with Gasteiger partial charge in [-0.05, 0) is 51.7 Å². The van der Waals surface area contributed by atoms with Gasteiger partial charge in [0.15, 0.2) is 0 Å². The molecule has 2 unspecified atom stereocenters. The molecule has 0 aromatic heterocycles. The number of likely N-dealkylation sites (tertiary alicyclic amines) is 1. The van der Waals surface area contributed by atoms with Gasteiger partial charge in [-0.25, -0.2) is 0 Å². The van der Waals surface area contributed by atoms with Crippen LogP contribution in [0.1, 0.15) is 49.5 Å². The number of hydrogen-bond donors (Lipinski definition) is 1. The lowest BCUT2D eigenvalue weighted by Crippen LogP contribution is -2.46. The molecule has 3 nitrogen and oxygen atoms in total. The van der Waals surface area contributed by atoms with Crippen LogP contribution in [0.25, 0.3) is 0 Å². The Hall–Kier alpha value is -1.51. The Morgan fingerprint density at radius 3 is 2.85 bits per heavy atom. The third-order valence-electron chi connectivity index (χ3n) is 4.41. The first-order chi connectivity index (χ1) is 9.54. The molecule has 20 heavy (non-hydrogen) atoms. The minimum atomic E-state index is 0.170. The third-order valence-corrected chi connectivity index (χ3v) is 4.41. The standard InChI is InChI=1S/C17H26N2O/c1-5-18-16-9-8-12(2)11-15(16)17(20)19-10-6-7-13(3)14(19)4/h8-9,11,13-14,18H,5-7,10H2,1-4H3. The van der Waals surface area contributed by atoms with Crippen LogP contribution in [0.3, 0.4) is 0 Å². The smallest absolute Gasteiger partial charge is 0.256 e. The van der Waals surface area contributed by atoms with Crippen molar-refractivity contribution in [3.05, 3.63) is 29.3 Å². The van der Waals surface area contributed by atoms with Crippen LogP contribution in [0.4, 0.5) is 5.69 Å². The summed E-state index contributed by atoms with van der Waals surface area (Å²) in [5.41, 5.74) is 2.90. The van der Waals surface area contributed by atoms with Crippen molar-refractivity contribution in [1.29, 1.82) is 0 Å². The molecule has 3 heteroatoms. The van der Waals surface area contributed by atoms with Crippen molar-refractivity contribution in [3.63, 3.8) is 0 Å². The maximum absolute atomic E-state index is 12.9. The highest BCUT2D eigenvalue weighted by atomic mass is 16.2. The fourth-order valence-electron chi connectivity index (χ4n) is 2.96. The molecule has 1 aliphatic heterocycles. The van der Waals surface area contributed by atoms with Gasteiger partial charge in [-0.1, -0.05) is 18.6 Å². The van der Waals surface area contributed by atoms with E-state index in [9.17, 15) is 4.79 Å². The van der Waals surface area contributed by atoms with Crippen LogP contribution in [0.15, 0.2) is 18.2 Å². The minimum Gasteiger partial charge on any atom is -0.385 e. The van der Waals surface area contributed by atoms with Gasteiger partial charge >= 0.3 is 0 Å². The Balaban J connectivity index is 2.30. The van der Waals surface area contributed by atoms with E-state index >= 15 is 0 Å². The summed E-state index contributed by atoms with van der Waals surface area (Å²) in [4.78, 5) is 14.9. The van der Waals surface area contributed by atoms with Crippen LogP contribution < -0.4 is 5.32 Å². The average Bonchev–Trinajstić information content (AvgIpc) is 2.43. The molecule has 2 rings (SSSR count). The molecule has 0 radical (unpaired) electrons. The van der Waals surface area contributed by atoms with Crippen LogP contribution in [0, 0.1) is 12.8 Å². The lowest BCUT2D eigenvalue weighted by molar-refractivity contribution is 0.0552. The van der Waals surface area contributed by atoms with E-state index in [0.29, 0.717) is 12.0 Å². The molecule has 1 amide bonds. The van der Waals surface area contributed by atoms with E-state index in [2.05, 4.69) is 32.2 Å².